The van der Waals surface area contributed by atoms with Gasteiger partial charge >= 0.3 is 0 Å². The summed E-state index contributed by atoms with van der Waals surface area (Å²) in [5.41, 5.74) is 2.45. The van der Waals surface area contributed by atoms with Gasteiger partial charge in [-0.1, -0.05) is 15.9 Å². The summed E-state index contributed by atoms with van der Waals surface area (Å²) < 4.78 is 29.1. The Morgan fingerprint density at radius 3 is 2.32 bits per heavy atom. The van der Waals surface area contributed by atoms with Gasteiger partial charge in [-0.3, -0.25) is 4.72 Å². The first-order valence-corrected chi connectivity index (χ1v) is 9.23. The number of hydrogen-bond donors (Lipinski definition) is 1. The smallest absolute Gasteiger partial charge is 0.271 e. The number of halogens is 2. The summed E-state index contributed by atoms with van der Waals surface area (Å²) in [5, 5.41) is 0. The van der Waals surface area contributed by atoms with Gasteiger partial charge in [0.15, 0.2) is 0 Å². The highest BCUT2D eigenvalue weighted by molar-refractivity contribution is 9.11. The van der Waals surface area contributed by atoms with Gasteiger partial charge in [0, 0.05) is 10.2 Å². The van der Waals surface area contributed by atoms with Crippen molar-refractivity contribution in [1.82, 2.24) is 0 Å². The van der Waals surface area contributed by atoms with Crippen molar-refractivity contribution < 1.29 is 8.42 Å². The monoisotopic (exact) mass is 423 g/mol. The van der Waals surface area contributed by atoms with Gasteiger partial charge in [0.05, 0.1) is 3.79 Å². The molecule has 7 heteroatoms. The zero-order chi connectivity index (χ0) is 14.2. The van der Waals surface area contributed by atoms with Crippen molar-refractivity contribution in [2.24, 2.45) is 0 Å². The van der Waals surface area contributed by atoms with Crippen LogP contribution in [0.5, 0.6) is 0 Å². The summed E-state index contributed by atoms with van der Waals surface area (Å²) >= 11 is 7.93. The van der Waals surface area contributed by atoms with E-state index in [0.717, 1.165) is 19.4 Å². The molecule has 0 saturated heterocycles. The Bertz CT molecular complexity index is 704. The van der Waals surface area contributed by atoms with Gasteiger partial charge in [0.25, 0.3) is 10.0 Å². The molecule has 0 amide bonds. The van der Waals surface area contributed by atoms with Crippen LogP contribution in [0.15, 0.2) is 36.7 Å². The average Bonchev–Trinajstić information content (AvgIpc) is 2.65. The van der Waals surface area contributed by atoms with E-state index in [-0.39, 0.29) is 0 Å². The second-order valence-electron chi connectivity index (χ2n) is 4.09. The Morgan fingerprint density at radius 2 is 1.79 bits per heavy atom. The molecule has 102 valence electrons. The lowest BCUT2D eigenvalue weighted by Crippen LogP contribution is -2.11. The fourth-order valence-electron chi connectivity index (χ4n) is 1.48. The molecule has 3 nitrogen and oxygen atoms in total. The fraction of sp³-hybridized carbons (Fsp3) is 0.167. The molecule has 0 radical (unpaired) electrons. The van der Waals surface area contributed by atoms with Gasteiger partial charge in [-0.05, 0) is 65.2 Å². The van der Waals surface area contributed by atoms with E-state index >= 15 is 0 Å². The highest BCUT2D eigenvalue weighted by atomic mass is 79.9. The Balaban J connectivity index is 2.33. The molecule has 2 rings (SSSR count). The molecule has 0 fully saturated rings. The largest absolute Gasteiger partial charge is 0.279 e. The first-order chi connectivity index (χ1) is 8.79. The van der Waals surface area contributed by atoms with Crippen molar-refractivity contribution in [2.45, 2.75) is 18.1 Å². The first-order valence-electron chi connectivity index (χ1n) is 5.34. The zero-order valence-corrected chi connectivity index (χ0v) is 15.0. The molecular formula is C12H11Br2NO2S2. The first kappa shape index (κ1) is 15.0. The van der Waals surface area contributed by atoms with Crippen LogP contribution >= 0.6 is 43.2 Å². The molecule has 0 spiro atoms. The van der Waals surface area contributed by atoms with Crippen LogP contribution in [0.4, 0.5) is 5.69 Å². The van der Waals surface area contributed by atoms with E-state index < -0.39 is 10.0 Å². The second kappa shape index (κ2) is 5.55. The summed E-state index contributed by atoms with van der Waals surface area (Å²) in [7, 11) is -3.52. The lowest BCUT2D eigenvalue weighted by atomic mass is 10.2. The molecule has 1 aromatic carbocycles. The summed E-state index contributed by atoms with van der Waals surface area (Å²) in [6.45, 7) is 3.77. The summed E-state index contributed by atoms with van der Waals surface area (Å²) in [6, 6.07) is 6.99. The normalized spacial score (nSPS) is 11.6. The van der Waals surface area contributed by atoms with Crippen LogP contribution in [-0.4, -0.2) is 8.42 Å². The molecule has 0 aliphatic rings. The minimum absolute atomic E-state index is 0.303. The average molecular weight is 425 g/mol. The van der Waals surface area contributed by atoms with Crippen LogP contribution in [0.25, 0.3) is 0 Å². The molecule has 19 heavy (non-hydrogen) atoms. The Kier molecular flexibility index (Phi) is 4.39. The van der Waals surface area contributed by atoms with E-state index in [0.29, 0.717) is 9.90 Å². The SMILES string of the molecule is Cc1cc(NS(=O)(=O)c2cc(C)c(Br)s2)ccc1Br. The van der Waals surface area contributed by atoms with Crippen LogP contribution in [0.2, 0.25) is 0 Å². The lowest BCUT2D eigenvalue weighted by Gasteiger charge is -2.07. The van der Waals surface area contributed by atoms with E-state index in [1.165, 1.54) is 11.3 Å². The standard InChI is InChI=1S/C12H11Br2NO2S2/c1-7-5-9(3-4-10(7)13)15-19(16,17)11-6-8(2)12(14)18-11/h3-6,15H,1-2H3. The summed E-state index contributed by atoms with van der Waals surface area (Å²) in [5.74, 6) is 0. The van der Waals surface area contributed by atoms with Crippen LogP contribution < -0.4 is 4.72 Å². The molecule has 0 unspecified atom stereocenters. The Labute approximate surface area is 133 Å². The number of hydrogen-bond acceptors (Lipinski definition) is 3. The maximum atomic E-state index is 12.2. The Morgan fingerprint density at radius 1 is 1.11 bits per heavy atom. The quantitative estimate of drug-likeness (QED) is 0.776. The maximum absolute atomic E-state index is 12.2. The molecule has 0 atom stereocenters. The third-order valence-electron chi connectivity index (χ3n) is 2.51. The number of thiophene rings is 1. The molecule has 1 N–H and O–H groups in total. The van der Waals surface area contributed by atoms with E-state index in [4.69, 9.17) is 0 Å². The van der Waals surface area contributed by atoms with Crippen molar-refractivity contribution in [1.29, 1.82) is 0 Å². The third-order valence-corrected chi connectivity index (χ3v) is 7.39. The van der Waals surface area contributed by atoms with Crippen molar-refractivity contribution in [3.63, 3.8) is 0 Å². The maximum Gasteiger partial charge on any atom is 0.271 e. The summed E-state index contributed by atoms with van der Waals surface area (Å²) in [6.07, 6.45) is 0. The molecule has 1 aromatic heterocycles. The molecule has 0 bridgehead atoms. The van der Waals surface area contributed by atoms with Gasteiger partial charge in [-0.15, -0.1) is 11.3 Å². The number of benzene rings is 1. The van der Waals surface area contributed by atoms with Gasteiger partial charge in [0.2, 0.25) is 0 Å². The minimum Gasteiger partial charge on any atom is -0.279 e. The molecule has 1 heterocycles. The number of nitrogens with one attached hydrogen (secondary N) is 1. The highest BCUT2D eigenvalue weighted by Gasteiger charge is 2.18. The molecule has 0 aliphatic carbocycles. The second-order valence-corrected chi connectivity index (χ2v) is 9.23. The minimum atomic E-state index is -3.52. The highest BCUT2D eigenvalue weighted by Crippen LogP contribution is 2.32. The third kappa shape index (κ3) is 3.39. The van der Waals surface area contributed by atoms with Crippen molar-refractivity contribution in [3.8, 4) is 0 Å². The molecule has 2 aromatic rings. The van der Waals surface area contributed by atoms with Crippen molar-refractivity contribution in [3.05, 3.63) is 43.7 Å². The topological polar surface area (TPSA) is 46.2 Å². The number of aryl methyl sites for hydroxylation is 2. The van der Waals surface area contributed by atoms with E-state index in [1.807, 2.05) is 19.9 Å². The van der Waals surface area contributed by atoms with Crippen LogP contribution in [0.1, 0.15) is 11.1 Å². The van der Waals surface area contributed by atoms with E-state index in [1.54, 1.807) is 18.2 Å². The van der Waals surface area contributed by atoms with Crippen LogP contribution in [-0.2, 0) is 10.0 Å². The number of anilines is 1. The van der Waals surface area contributed by atoms with Crippen molar-refractivity contribution >= 4 is 58.9 Å². The van der Waals surface area contributed by atoms with E-state index in [9.17, 15) is 8.42 Å². The molecule has 0 aliphatic heterocycles. The number of rotatable bonds is 3. The van der Waals surface area contributed by atoms with Crippen LogP contribution in [0, 0.1) is 13.8 Å². The van der Waals surface area contributed by atoms with Gasteiger partial charge in [-0.2, -0.15) is 0 Å². The molecular weight excluding hydrogens is 414 g/mol. The lowest BCUT2D eigenvalue weighted by molar-refractivity contribution is 0.603. The predicted molar refractivity (Wildman–Crippen MR) is 86.4 cm³/mol. The predicted octanol–water partition coefficient (Wildman–Crippen LogP) is 4.69. The van der Waals surface area contributed by atoms with Gasteiger partial charge in [-0.25, -0.2) is 8.42 Å². The van der Waals surface area contributed by atoms with E-state index in [2.05, 4.69) is 36.6 Å². The van der Waals surface area contributed by atoms with Gasteiger partial charge in [0.1, 0.15) is 4.21 Å². The zero-order valence-electron chi connectivity index (χ0n) is 10.2. The van der Waals surface area contributed by atoms with Crippen LogP contribution in [0.3, 0.4) is 0 Å². The summed E-state index contributed by atoms with van der Waals surface area (Å²) in [4.78, 5) is 0. The molecule has 0 saturated carbocycles. The Hall–Kier alpha value is -0.370. The fourth-order valence-corrected chi connectivity index (χ4v) is 5.00. The number of sulfonamides is 1. The van der Waals surface area contributed by atoms with Crippen molar-refractivity contribution in [2.75, 3.05) is 4.72 Å². The van der Waals surface area contributed by atoms with Gasteiger partial charge < -0.3 is 0 Å².